The Morgan fingerprint density at radius 1 is 0.864 bits per heavy atom. The second kappa shape index (κ2) is 6.32. The van der Waals surface area contributed by atoms with E-state index in [1.165, 1.54) is 0 Å². The molecule has 2 aromatic rings. The predicted molar refractivity (Wildman–Crippen MR) is 90.0 cm³/mol. The quantitative estimate of drug-likeness (QED) is 0.815. The van der Waals surface area contributed by atoms with E-state index in [1.807, 2.05) is 0 Å². The van der Waals surface area contributed by atoms with E-state index in [9.17, 15) is 10.2 Å². The molecule has 0 aliphatic rings. The molecule has 0 aliphatic carbocycles. The summed E-state index contributed by atoms with van der Waals surface area (Å²) >= 11 is 12.1. The normalized spacial score (nSPS) is 13.9. The molecule has 2 aromatic carbocycles. The lowest BCUT2D eigenvalue weighted by molar-refractivity contribution is 0.132. The van der Waals surface area contributed by atoms with Crippen molar-refractivity contribution in [3.63, 3.8) is 0 Å². The van der Waals surface area contributed by atoms with Gasteiger partial charge in [0.25, 0.3) is 0 Å². The Morgan fingerprint density at radius 3 is 2.00 bits per heavy atom. The van der Waals surface area contributed by atoms with Gasteiger partial charge in [0.1, 0.15) is 5.60 Å². The van der Waals surface area contributed by atoms with Gasteiger partial charge in [-0.3, -0.25) is 0 Å². The summed E-state index contributed by atoms with van der Waals surface area (Å²) in [5, 5.41) is 22.0. The number of hydrogen-bond donors (Lipinski definition) is 2. The predicted octanol–water partition coefficient (Wildman–Crippen LogP) is 4.00. The Labute approximate surface area is 140 Å². The van der Waals surface area contributed by atoms with Crippen LogP contribution in [0.15, 0.2) is 48.5 Å². The van der Waals surface area contributed by atoms with Gasteiger partial charge in [0.15, 0.2) is 5.60 Å². The van der Waals surface area contributed by atoms with Gasteiger partial charge in [-0.05, 0) is 32.0 Å². The summed E-state index contributed by atoms with van der Waals surface area (Å²) in [5.74, 6) is 5.42. The van der Waals surface area contributed by atoms with Crippen LogP contribution in [-0.2, 0) is 5.60 Å². The Bertz CT molecular complexity index is 721. The van der Waals surface area contributed by atoms with Gasteiger partial charge >= 0.3 is 0 Å². The fraction of sp³-hybridized carbons (Fsp3) is 0.222. The minimum atomic E-state index is -1.64. The van der Waals surface area contributed by atoms with Crippen molar-refractivity contribution in [1.82, 2.24) is 0 Å². The number of halogens is 2. The SMILES string of the molecule is CC(C)(O)C#C[C@](O)(c1ccc(Cl)cc1)c1ccccc1Cl. The number of aliphatic hydroxyl groups is 2. The van der Waals surface area contributed by atoms with Crippen molar-refractivity contribution >= 4 is 23.2 Å². The summed E-state index contributed by atoms with van der Waals surface area (Å²) in [6.45, 7) is 3.10. The molecule has 0 aliphatic heterocycles. The van der Waals surface area contributed by atoms with Crippen LogP contribution in [-0.4, -0.2) is 15.8 Å². The maximum Gasteiger partial charge on any atom is 0.178 e. The van der Waals surface area contributed by atoms with E-state index in [-0.39, 0.29) is 0 Å². The molecule has 114 valence electrons. The highest BCUT2D eigenvalue weighted by Crippen LogP contribution is 2.34. The first-order valence-electron chi connectivity index (χ1n) is 6.72. The average molecular weight is 335 g/mol. The first-order chi connectivity index (χ1) is 10.2. The molecule has 1 atom stereocenters. The first-order valence-corrected chi connectivity index (χ1v) is 7.48. The van der Waals surface area contributed by atoms with Gasteiger partial charge in [0.2, 0.25) is 0 Å². The molecule has 0 saturated heterocycles. The third kappa shape index (κ3) is 3.82. The van der Waals surface area contributed by atoms with Gasteiger partial charge in [-0.25, -0.2) is 0 Å². The second-order valence-corrected chi connectivity index (χ2v) is 6.35. The molecule has 0 unspecified atom stereocenters. The molecule has 0 amide bonds. The monoisotopic (exact) mass is 334 g/mol. The molecule has 2 rings (SSSR count). The van der Waals surface area contributed by atoms with E-state index in [0.717, 1.165) is 0 Å². The number of benzene rings is 2. The van der Waals surface area contributed by atoms with Crippen molar-refractivity contribution in [3.05, 3.63) is 69.7 Å². The van der Waals surface area contributed by atoms with E-state index >= 15 is 0 Å². The highest BCUT2D eigenvalue weighted by atomic mass is 35.5. The maximum atomic E-state index is 11.2. The highest BCUT2D eigenvalue weighted by Gasteiger charge is 2.32. The Kier molecular flexibility index (Phi) is 4.84. The Hall–Kier alpha value is -1.50. The molecule has 0 heterocycles. The van der Waals surface area contributed by atoms with Crippen LogP contribution in [0.4, 0.5) is 0 Å². The van der Waals surface area contributed by atoms with Gasteiger partial charge in [-0.15, -0.1) is 0 Å². The average Bonchev–Trinajstić information content (AvgIpc) is 2.45. The fourth-order valence-corrected chi connectivity index (χ4v) is 2.38. The molecule has 0 radical (unpaired) electrons. The molecular formula is C18H16Cl2O2. The van der Waals surface area contributed by atoms with Gasteiger partial charge in [0.05, 0.1) is 0 Å². The minimum absolute atomic E-state index is 0.394. The van der Waals surface area contributed by atoms with Crippen LogP contribution in [0.25, 0.3) is 0 Å². The summed E-state index contributed by atoms with van der Waals surface area (Å²) in [6, 6.07) is 13.6. The molecule has 0 saturated carbocycles. The van der Waals surface area contributed by atoms with E-state index in [2.05, 4.69) is 11.8 Å². The van der Waals surface area contributed by atoms with Crippen molar-refractivity contribution in [2.75, 3.05) is 0 Å². The van der Waals surface area contributed by atoms with Gasteiger partial charge in [0, 0.05) is 21.2 Å². The zero-order valence-electron chi connectivity index (χ0n) is 12.3. The lowest BCUT2D eigenvalue weighted by Gasteiger charge is -2.25. The summed E-state index contributed by atoms with van der Waals surface area (Å²) in [5.41, 5.74) is -1.89. The maximum absolute atomic E-state index is 11.2. The lowest BCUT2D eigenvalue weighted by atomic mass is 9.86. The van der Waals surface area contributed by atoms with Crippen LogP contribution in [0.1, 0.15) is 25.0 Å². The van der Waals surface area contributed by atoms with E-state index in [1.54, 1.807) is 62.4 Å². The molecular weight excluding hydrogens is 319 g/mol. The van der Waals surface area contributed by atoms with E-state index in [0.29, 0.717) is 21.2 Å². The van der Waals surface area contributed by atoms with Crippen molar-refractivity contribution in [1.29, 1.82) is 0 Å². The van der Waals surface area contributed by atoms with Crippen LogP contribution >= 0.6 is 23.2 Å². The summed E-state index contributed by atoms with van der Waals surface area (Å²) < 4.78 is 0. The van der Waals surface area contributed by atoms with Crippen LogP contribution < -0.4 is 0 Å². The van der Waals surface area contributed by atoms with Gasteiger partial charge < -0.3 is 10.2 Å². The zero-order chi connectivity index (χ0) is 16.4. The van der Waals surface area contributed by atoms with Crippen LogP contribution in [0, 0.1) is 11.8 Å². The summed E-state index contributed by atoms with van der Waals surface area (Å²) in [4.78, 5) is 0. The van der Waals surface area contributed by atoms with Crippen molar-refractivity contribution < 1.29 is 10.2 Å². The van der Waals surface area contributed by atoms with Gasteiger partial charge in [-0.1, -0.05) is 65.4 Å². The van der Waals surface area contributed by atoms with Crippen LogP contribution in [0.5, 0.6) is 0 Å². The third-order valence-electron chi connectivity index (χ3n) is 3.07. The fourth-order valence-electron chi connectivity index (χ4n) is 1.98. The van der Waals surface area contributed by atoms with E-state index < -0.39 is 11.2 Å². The molecule has 0 aromatic heterocycles. The van der Waals surface area contributed by atoms with Crippen LogP contribution in [0.2, 0.25) is 10.0 Å². The molecule has 0 spiro atoms. The van der Waals surface area contributed by atoms with Crippen molar-refractivity contribution in [2.45, 2.75) is 25.0 Å². The third-order valence-corrected chi connectivity index (χ3v) is 3.66. The van der Waals surface area contributed by atoms with Gasteiger partial charge in [-0.2, -0.15) is 0 Å². The largest absolute Gasteiger partial charge is 0.378 e. The first kappa shape index (κ1) is 16.9. The molecule has 0 bridgehead atoms. The van der Waals surface area contributed by atoms with Crippen LogP contribution in [0.3, 0.4) is 0 Å². The number of hydrogen-bond acceptors (Lipinski definition) is 2. The van der Waals surface area contributed by atoms with Crippen molar-refractivity contribution in [2.24, 2.45) is 0 Å². The molecule has 2 N–H and O–H groups in total. The highest BCUT2D eigenvalue weighted by molar-refractivity contribution is 6.31. The van der Waals surface area contributed by atoms with Crippen molar-refractivity contribution in [3.8, 4) is 11.8 Å². The summed E-state index contributed by atoms with van der Waals surface area (Å²) in [7, 11) is 0. The molecule has 22 heavy (non-hydrogen) atoms. The Morgan fingerprint density at radius 2 is 1.45 bits per heavy atom. The topological polar surface area (TPSA) is 40.5 Å². The van der Waals surface area contributed by atoms with E-state index in [4.69, 9.17) is 23.2 Å². The lowest BCUT2D eigenvalue weighted by Crippen LogP contribution is -2.27. The smallest absolute Gasteiger partial charge is 0.178 e. The standard InChI is InChI=1S/C18H16Cl2O2/c1-17(2,21)11-12-18(22,13-7-9-14(19)10-8-13)15-5-3-4-6-16(15)20/h3-10,21-22H,1-2H3/t18-/m0/s1. The molecule has 4 heteroatoms. The number of rotatable bonds is 2. The summed E-state index contributed by atoms with van der Waals surface area (Å²) in [6.07, 6.45) is 0. The zero-order valence-corrected chi connectivity index (χ0v) is 13.8. The molecule has 0 fully saturated rings. The molecule has 2 nitrogen and oxygen atoms in total. The Balaban J connectivity index is 2.66. The minimum Gasteiger partial charge on any atom is -0.378 e. The second-order valence-electron chi connectivity index (χ2n) is 5.51.